The molecule has 0 radical (unpaired) electrons. The minimum Gasteiger partial charge on any atom is -0.439 e. The molecule has 0 spiro atoms. The molecule has 1 aromatic carbocycles. The molecule has 0 saturated heterocycles. The molecule has 0 atom stereocenters. The van der Waals surface area contributed by atoms with E-state index in [1.54, 1.807) is 25.3 Å². The molecule has 0 unspecified atom stereocenters. The number of nitrogens with zero attached hydrogens (tertiary/aromatic N) is 3. The average Bonchev–Trinajstić information content (AvgIpc) is 3.14. The number of hydrogen-bond donors (Lipinski definition) is 1. The minimum absolute atomic E-state index is 0.267. The third-order valence-corrected chi connectivity index (χ3v) is 5.10. The second-order valence-electron chi connectivity index (χ2n) is 6.04. The predicted octanol–water partition coefficient (Wildman–Crippen LogP) is 5.09. The van der Waals surface area contributed by atoms with Crippen molar-refractivity contribution < 1.29 is 13.9 Å². The van der Waals surface area contributed by atoms with Gasteiger partial charge in [-0.1, -0.05) is 6.07 Å². The van der Waals surface area contributed by atoms with Crippen molar-refractivity contribution in [2.24, 2.45) is 0 Å². The summed E-state index contributed by atoms with van der Waals surface area (Å²) in [4.78, 5) is 26.0. The van der Waals surface area contributed by atoms with Gasteiger partial charge in [0.15, 0.2) is 0 Å². The number of carbonyl (C=O) groups excluding carboxylic acids is 1. The third-order valence-electron chi connectivity index (χ3n) is 3.92. The van der Waals surface area contributed by atoms with Gasteiger partial charge >= 0.3 is 0 Å². The van der Waals surface area contributed by atoms with Crippen molar-refractivity contribution >= 4 is 22.9 Å². The SMILES string of the molecule is Cc1nc(-c2ccccn2)sc1C(=O)Nc1ccc(Oc2ccc(F)cc2)nc1. The molecule has 0 fully saturated rings. The molecule has 3 aromatic heterocycles. The number of ether oxygens (including phenoxy) is 1. The van der Waals surface area contributed by atoms with Crippen molar-refractivity contribution in [3.63, 3.8) is 0 Å². The first-order chi connectivity index (χ1) is 14.1. The summed E-state index contributed by atoms with van der Waals surface area (Å²) in [6.45, 7) is 1.79. The molecule has 0 aliphatic heterocycles. The summed E-state index contributed by atoms with van der Waals surface area (Å²) in [6.07, 6.45) is 3.18. The lowest BCUT2D eigenvalue weighted by atomic mass is 10.3. The van der Waals surface area contributed by atoms with Gasteiger partial charge in [0.2, 0.25) is 5.88 Å². The maximum Gasteiger partial charge on any atom is 0.267 e. The van der Waals surface area contributed by atoms with Crippen molar-refractivity contribution in [3.8, 4) is 22.3 Å². The second-order valence-corrected chi connectivity index (χ2v) is 7.04. The fourth-order valence-corrected chi connectivity index (χ4v) is 3.47. The summed E-state index contributed by atoms with van der Waals surface area (Å²) < 4.78 is 18.5. The monoisotopic (exact) mass is 406 g/mol. The molecule has 0 aliphatic rings. The van der Waals surface area contributed by atoms with Crippen LogP contribution in [0, 0.1) is 12.7 Å². The lowest BCUT2D eigenvalue weighted by Gasteiger charge is -2.07. The number of thiazole rings is 1. The van der Waals surface area contributed by atoms with Crippen LogP contribution in [0.1, 0.15) is 15.4 Å². The van der Waals surface area contributed by atoms with Crippen molar-refractivity contribution in [3.05, 3.63) is 83.4 Å². The van der Waals surface area contributed by atoms with E-state index in [1.165, 1.54) is 41.8 Å². The molecular weight excluding hydrogens is 391 g/mol. The van der Waals surface area contributed by atoms with Crippen LogP contribution in [0.2, 0.25) is 0 Å². The van der Waals surface area contributed by atoms with Crippen molar-refractivity contribution in [1.82, 2.24) is 15.0 Å². The molecule has 1 amide bonds. The first-order valence-corrected chi connectivity index (χ1v) is 9.50. The van der Waals surface area contributed by atoms with Gasteiger partial charge in [-0.05, 0) is 49.4 Å². The summed E-state index contributed by atoms with van der Waals surface area (Å²) >= 11 is 1.28. The van der Waals surface area contributed by atoms with Crippen LogP contribution in [-0.4, -0.2) is 20.9 Å². The summed E-state index contributed by atoms with van der Waals surface area (Å²) in [5.74, 6) is 0.197. The van der Waals surface area contributed by atoms with E-state index in [9.17, 15) is 9.18 Å². The number of anilines is 1. The molecule has 8 heteroatoms. The zero-order valence-electron chi connectivity index (χ0n) is 15.3. The fourth-order valence-electron chi connectivity index (χ4n) is 2.53. The molecule has 0 saturated carbocycles. The average molecular weight is 406 g/mol. The molecular formula is C21H15FN4O2S. The molecule has 4 aromatic rings. The maximum atomic E-state index is 12.9. The highest BCUT2D eigenvalue weighted by molar-refractivity contribution is 7.17. The minimum atomic E-state index is -0.340. The summed E-state index contributed by atoms with van der Waals surface area (Å²) in [5, 5.41) is 3.50. The molecule has 144 valence electrons. The van der Waals surface area contributed by atoms with Gasteiger partial charge in [-0.2, -0.15) is 0 Å². The van der Waals surface area contributed by atoms with Gasteiger partial charge in [0.1, 0.15) is 21.5 Å². The van der Waals surface area contributed by atoms with Crippen LogP contribution in [0.25, 0.3) is 10.7 Å². The Morgan fingerprint density at radius 2 is 1.90 bits per heavy atom. The smallest absolute Gasteiger partial charge is 0.267 e. The van der Waals surface area contributed by atoms with Gasteiger partial charge in [0.05, 0.1) is 23.3 Å². The Balaban J connectivity index is 1.45. The van der Waals surface area contributed by atoms with E-state index < -0.39 is 0 Å². The normalized spacial score (nSPS) is 10.6. The fraction of sp³-hybridized carbons (Fsp3) is 0.0476. The van der Waals surface area contributed by atoms with Gasteiger partial charge in [0, 0.05) is 12.3 Å². The standard InChI is InChI=1S/C21H15FN4O2S/c1-13-19(29-21(25-13)17-4-2-3-11-23-17)20(27)26-15-7-10-18(24-12-15)28-16-8-5-14(22)6-9-16/h2-12H,1H3,(H,26,27). The van der Waals surface area contributed by atoms with Crippen molar-refractivity contribution in [2.45, 2.75) is 6.92 Å². The molecule has 4 rings (SSSR count). The largest absolute Gasteiger partial charge is 0.439 e. The molecule has 29 heavy (non-hydrogen) atoms. The number of carbonyl (C=O) groups is 1. The molecule has 1 N–H and O–H groups in total. The second kappa shape index (κ2) is 8.15. The number of rotatable bonds is 5. The number of halogens is 1. The number of pyridine rings is 2. The summed E-state index contributed by atoms with van der Waals surface area (Å²) in [6, 6.07) is 14.5. The molecule has 0 bridgehead atoms. The first kappa shape index (κ1) is 18.7. The van der Waals surface area contributed by atoms with E-state index in [2.05, 4.69) is 20.3 Å². The van der Waals surface area contributed by atoms with Gasteiger partial charge in [-0.3, -0.25) is 9.78 Å². The summed E-state index contributed by atoms with van der Waals surface area (Å²) in [5.41, 5.74) is 1.88. The Labute approximate surface area is 170 Å². The summed E-state index contributed by atoms with van der Waals surface area (Å²) in [7, 11) is 0. The lowest BCUT2D eigenvalue weighted by Crippen LogP contribution is -2.11. The lowest BCUT2D eigenvalue weighted by molar-refractivity contribution is 0.102. The van der Waals surface area contributed by atoms with Gasteiger partial charge in [0.25, 0.3) is 5.91 Å². The number of amides is 1. The number of nitrogens with one attached hydrogen (secondary N) is 1. The van der Waals surface area contributed by atoms with E-state index in [0.717, 1.165) is 5.69 Å². The van der Waals surface area contributed by atoms with Gasteiger partial charge in [-0.15, -0.1) is 11.3 Å². The van der Waals surface area contributed by atoms with E-state index in [4.69, 9.17) is 4.74 Å². The van der Waals surface area contributed by atoms with Crippen LogP contribution in [0.15, 0.2) is 67.0 Å². The van der Waals surface area contributed by atoms with Crippen LogP contribution in [-0.2, 0) is 0 Å². The Kier molecular flexibility index (Phi) is 5.26. The first-order valence-electron chi connectivity index (χ1n) is 8.68. The van der Waals surface area contributed by atoms with Gasteiger partial charge < -0.3 is 10.1 Å². The quantitative estimate of drug-likeness (QED) is 0.499. The van der Waals surface area contributed by atoms with Crippen molar-refractivity contribution in [2.75, 3.05) is 5.32 Å². The van der Waals surface area contributed by atoms with Crippen LogP contribution in [0.3, 0.4) is 0 Å². The predicted molar refractivity (Wildman–Crippen MR) is 109 cm³/mol. The van der Waals surface area contributed by atoms with E-state index in [-0.39, 0.29) is 11.7 Å². The Bertz CT molecular complexity index is 1130. The molecule has 0 aliphatic carbocycles. The Morgan fingerprint density at radius 3 is 2.59 bits per heavy atom. The van der Waals surface area contributed by atoms with Crippen LogP contribution in [0.5, 0.6) is 11.6 Å². The number of hydrogen-bond acceptors (Lipinski definition) is 6. The van der Waals surface area contributed by atoms with E-state index in [1.807, 2.05) is 18.2 Å². The highest BCUT2D eigenvalue weighted by Crippen LogP contribution is 2.27. The molecule has 3 heterocycles. The highest BCUT2D eigenvalue weighted by Gasteiger charge is 2.17. The Hall–Kier alpha value is -3.65. The number of benzene rings is 1. The third kappa shape index (κ3) is 4.44. The zero-order valence-corrected chi connectivity index (χ0v) is 16.1. The van der Waals surface area contributed by atoms with Crippen LogP contribution in [0.4, 0.5) is 10.1 Å². The van der Waals surface area contributed by atoms with E-state index in [0.29, 0.717) is 32.9 Å². The number of aryl methyl sites for hydroxylation is 1. The zero-order chi connectivity index (χ0) is 20.2. The Morgan fingerprint density at radius 1 is 1.07 bits per heavy atom. The van der Waals surface area contributed by atoms with Gasteiger partial charge in [-0.25, -0.2) is 14.4 Å². The van der Waals surface area contributed by atoms with E-state index >= 15 is 0 Å². The number of aromatic nitrogens is 3. The van der Waals surface area contributed by atoms with Crippen LogP contribution >= 0.6 is 11.3 Å². The van der Waals surface area contributed by atoms with Crippen LogP contribution < -0.4 is 10.1 Å². The topological polar surface area (TPSA) is 77.0 Å². The maximum absolute atomic E-state index is 12.9. The molecule has 6 nitrogen and oxygen atoms in total. The van der Waals surface area contributed by atoms with Crippen molar-refractivity contribution in [1.29, 1.82) is 0 Å². The highest BCUT2D eigenvalue weighted by atomic mass is 32.1.